The average molecular weight is 460 g/mol. The smallest absolute Gasteiger partial charge is 0.303 e. The molecule has 0 spiro atoms. The van der Waals surface area contributed by atoms with Crippen LogP contribution in [0.5, 0.6) is 5.75 Å². The standard InChI is InChI=1S/C23H25NO7S/c1-13-8-9-24-11-19(13)17-6-5-7-18(10-17)31-23-22(30-16(4)27)21(29-15(3)26)20(12-32-23)28-14(2)25/h5-11,20-23H,12H2,1-4H3/t20-,21+,22-,23-/m1/s1. The SMILES string of the molecule is CC(=O)O[C@@H]1[C@@H](OC(C)=O)[C@H](OC(C)=O)CS[C@H]1Oc1cccc(-c2cnccc2C)c1. The van der Waals surface area contributed by atoms with Crippen molar-refractivity contribution in [3.8, 4) is 16.9 Å². The molecule has 1 aromatic carbocycles. The molecule has 1 aliphatic rings. The zero-order valence-corrected chi connectivity index (χ0v) is 19.1. The fourth-order valence-electron chi connectivity index (χ4n) is 3.45. The maximum absolute atomic E-state index is 11.8. The molecule has 2 heterocycles. The molecule has 0 N–H and O–H groups in total. The molecule has 4 atom stereocenters. The van der Waals surface area contributed by atoms with E-state index in [4.69, 9.17) is 18.9 Å². The van der Waals surface area contributed by atoms with Gasteiger partial charge in [0.15, 0.2) is 23.7 Å². The number of aryl methyl sites for hydroxylation is 1. The molecule has 1 aromatic heterocycles. The molecule has 3 rings (SSSR count). The van der Waals surface area contributed by atoms with Crippen molar-refractivity contribution in [3.63, 3.8) is 0 Å². The lowest BCUT2D eigenvalue weighted by atomic mass is 10.0. The number of nitrogens with zero attached hydrogens (tertiary/aromatic N) is 1. The summed E-state index contributed by atoms with van der Waals surface area (Å²) in [6.07, 6.45) is 0.788. The van der Waals surface area contributed by atoms with Crippen LogP contribution in [0, 0.1) is 6.92 Å². The van der Waals surface area contributed by atoms with Crippen molar-refractivity contribution in [1.82, 2.24) is 4.98 Å². The van der Waals surface area contributed by atoms with E-state index in [1.807, 2.05) is 31.2 Å². The average Bonchev–Trinajstić information content (AvgIpc) is 2.72. The first-order valence-electron chi connectivity index (χ1n) is 10.1. The van der Waals surface area contributed by atoms with E-state index in [1.54, 1.807) is 18.5 Å². The number of benzene rings is 1. The van der Waals surface area contributed by atoms with Gasteiger partial charge in [-0.2, -0.15) is 0 Å². The molecule has 0 bridgehead atoms. The van der Waals surface area contributed by atoms with Gasteiger partial charge in [0.05, 0.1) is 0 Å². The fourth-order valence-corrected chi connectivity index (χ4v) is 4.66. The zero-order chi connectivity index (χ0) is 23.3. The summed E-state index contributed by atoms with van der Waals surface area (Å²) < 4.78 is 22.4. The lowest BCUT2D eigenvalue weighted by Crippen LogP contribution is -2.55. The van der Waals surface area contributed by atoms with E-state index in [-0.39, 0.29) is 0 Å². The third-order valence-corrected chi connectivity index (χ3v) is 5.96. The summed E-state index contributed by atoms with van der Waals surface area (Å²) in [6.45, 7) is 5.77. The van der Waals surface area contributed by atoms with Gasteiger partial charge < -0.3 is 18.9 Å². The lowest BCUT2D eigenvalue weighted by molar-refractivity contribution is -0.186. The molecule has 2 aromatic rings. The number of ether oxygens (including phenoxy) is 4. The first kappa shape index (κ1) is 23.6. The largest absolute Gasteiger partial charge is 0.476 e. The van der Waals surface area contributed by atoms with E-state index < -0.39 is 41.7 Å². The molecule has 0 aliphatic carbocycles. The highest BCUT2D eigenvalue weighted by molar-refractivity contribution is 7.99. The normalized spacial score (nSPS) is 22.5. The van der Waals surface area contributed by atoms with Crippen LogP contribution in [0.2, 0.25) is 0 Å². The Kier molecular flexibility index (Phi) is 7.74. The van der Waals surface area contributed by atoms with E-state index in [9.17, 15) is 14.4 Å². The van der Waals surface area contributed by atoms with Gasteiger partial charge in [0.1, 0.15) is 5.75 Å². The highest BCUT2D eigenvalue weighted by atomic mass is 32.2. The lowest BCUT2D eigenvalue weighted by Gasteiger charge is -2.39. The van der Waals surface area contributed by atoms with Crippen LogP contribution in [0.25, 0.3) is 11.1 Å². The van der Waals surface area contributed by atoms with Gasteiger partial charge in [-0.1, -0.05) is 12.1 Å². The second kappa shape index (κ2) is 10.5. The van der Waals surface area contributed by atoms with Crippen LogP contribution < -0.4 is 4.74 Å². The van der Waals surface area contributed by atoms with E-state index in [1.165, 1.54) is 32.5 Å². The van der Waals surface area contributed by atoms with Gasteiger partial charge >= 0.3 is 17.9 Å². The molecule has 1 saturated heterocycles. The van der Waals surface area contributed by atoms with Gasteiger partial charge in [-0.05, 0) is 36.2 Å². The van der Waals surface area contributed by atoms with Crippen molar-refractivity contribution < 1.29 is 33.3 Å². The van der Waals surface area contributed by atoms with Gasteiger partial charge in [-0.3, -0.25) is 19.4 Å². The fraction of sp³-hybridized carbons (Fsp3) is 0.391. The maximum Gasteiger partial charge on any atom is 0.303 e. The highest BCUT2D eigenvalue weighted by Crippen LogP contribution is 2.35. The van der Waals surface area contributed by atoms with Crippen LogP contribution in [0.4, 0.5) is 0 Å². The van der Waals surface area contributed by atoms with Crippen LogP contribution in [-0.2, 0) is 28.6 Å². The summed E-state index contributed by atoms with van der Waals surface area (Å²) in [6, 6.07) is 9.40. The minimum atomic E-state index is -0.990. The highest BCUT2D eigenvalue weighted by Gasteiger charge is 2.47. The zero-order valence-electron chi connectivity index (χ0n) is 18.3. The second-order valence-electron chi connectivity index (χ2n) is 7.33. The first-order chi connectivity index (χ1) is 15.2. The number of rotatable bonds is 6. The van der Waals surface area contributed by atoms with Gasteiger partial charge in [0.2, 0.25) is 0 Å². The van der Waals surface area contributed by atoms with Crippen molar-refractivity contribution in [2.75, 3.05) is 5.75 Å². The molecule has 1 fully saturated rings. The molecule has 0 radical (unpaired) electrons. The van der Waals surface area contributed by atoms with Crippen molar-refractivity contribution in [3.05, 3.63) is 48.3 Å². The van der Waals surface area contributed by atoms with Gasteiger partial charge in [-0.15, -0.1) is 11.8 Å². The molecule has 0 amide bonds. The Morgan fingerprint density at radius 2 is 1.66 bits per heavy atom. The van der Waals surface area contributed by atoms with E-state index in [0.717, 1.165) is 16.7 Å². The van der Waals surface area contributed by atoms with Crippen molar-refractivity contribution >= 4 is 29.7 Å². The van der Waals surface area contributed by atoms with E-state index in [0.29, 0.717) is 11.5 Å². The Labute approximate surface area is 190 Å². The molecule has 1 aliphatic heterocycles. The number of carbonyl (C=O) groups is 3. The number of carbonyl (C=O) groups excluding carboxylic acids is 3. The predicted molar refractivity (Wildman–Crippen MR) is 118 cm³/mol. The minimum absolute atomic E-state index is 0.307. The summed E-state index contributed by atoms with van der Waals surface area (Å²) in [4.78, 5) is 39.2. The molecule has 9 heteroatoms. The molecular weight excluding hydrogens is 434 g/mol. The molecule has 170 valence electrons. The van der Waals surface area contributed by atoms with Crippen molar-refractivity contribution in [2.24, 2.45) is 0 Å². The molecule has 0 unspecified atom stereocenters. The quantitative estimate of drug-likeness (QED) is 0.476. The number of thioether (sulfide) groups is 1. The molecule has 0 saturated carbocycles. The molecule has 32 heavy (non-hydrogen) atoms. The topological polar surface area (TPSA) is 101 Å². The summed E-state index contributed by atoms with van der Waals surface area (Å²) in [7, 11) is 0. The first-order valence-corrected chi connectivity index (χ1v) is 11.1. The third kappa shape index (κ3) is 6.00. The third-order valence-electron chi connectivity index (χ3n) is 4.74. The monoisotopic (exact) mass is 459 g/mol. The Morgan fingerprint density at radius 3 is 2.31 bits per heavy atom. The predicted octanol–water partition coefficient (Wildman–Crippen LogP) is 3.30. The van der Waals surface area contributed by atoms with Gasteiger partial charge in [-0.25, -0.2) is 0 Å². The minimum Gasteiger partial charge on any atom is -0.476 e. The molecular formula is C23H25NO7S. The van der Waals surface area contributed by atoms with E-state index >= 15 is 0 Å². The summed E-state index contributed by atoms with van der Waals surface area (Å²) in [5.74, 6) is -0.809. The Balaban J connectivity index is 1.88. The van der Waals surface area contributed by atoms with Gasteiger partial charge in [0, 0.05) is 44.5 Å². The van der Waals surface area contributed by atoms with Crippen molar-refractivity contribution in [2.45, 2.75) is 51.4 Å². The second-order valence-corrected chi connectivity index (χ2v) is 8.47. The number of esters is 3. The maximum atomic E-state index is 11.8. The number of hydrogen-bond acceptors (Lipinski definition) is 9. The summed E-state index contributed by atoms with van der Waals surface area (Å²) >= 11 is 1.31. The van der Waals surface area contributed by atoms with E-state index in [2.05, 4.69) is 4.98 Å². The summed E-state index contributed by atoms with van der Waals surface area (Å²) in [5.41, 5.74) is 2.28. The van der Waals surface area contributed by atoms with Crippen LogP contribution in [0.15, 0.2) is 42.7 Å². The van der Waals surface area contributed by atoms with Crippen LogP contribution in [0.3, 0.4) is 0 Å². The Bertz CT molecular complexity index is 996. The van der Waals surface area contributed by atoms with Crippen molar-refractivity contribution in [1.29, 1.82) is 0 Å². The Morgan fingerprint density at radius 1 is 0.969 bits per heavy atom. The Hall–Kier alpha value is -3.07. The number of pyridine rings is 1. The van der Waals surface area contributed by atoms with Crippen LogP contribution in [0.1, 0.15) is 26.3 Å². The summed E-state index contributed by atoms with van der Waals surface area (Å²) in [5, 5.41) is 0. The molecule has 8 nitrogen and oxygen atoms in total. The number of aromatic nitrogens is 1. The van der Waals surface area contributed by atoms with Crippen LogP contribution >= 0.6 is 11.8 Å². The van der Waals surface area contributed by atoms with Crippen LogP contribution in [-0.4, -0.2) is 52.4 Å². The van der Waals surface area contributed by atoms with Gasteiger partial charge in [0.25, 0.3) is 0 Å². The number of hydrogen-bond donors (Lipinski definition) is 0.